The topological polar surface area (TPSA) is 22.2 Å². The van der Waals surface area contributed by atoms with Gasteiger partial charge in [0.25, 0.3) is 5.54 Å². The molecule has 0 saturated carbocycles. The van der Waals surface area contributed by atoms with Crippen LogP contribution in [0.3, 0.4) is 0 Å². The van der Waals surface area contributed by atoms with Crippen LogP contribution < -0.4 is 0 Å². The third-order valence-electron chi connectivity index (χ3n) is 7.38. The fourth-order valence-electron chi connectivity index (χ4n) is 5.87. The van der Waals surface area contributed by atoms with Crippen molar-refractivity contribution in [2.24, 2.45) is 0 Å². The summed E-state index contributed by atoms with van der Waals surface area (Å²) < 4.78 is 94.4. The number of alkyl halides is 6. The van der Waals surface area contributed by atoms with Gasteiger partial charge < -0.3 is 8.97 Å². The number of hydrogen-bond donors (Lipinski definition) is 0. The Bertz CT molecular complexity index is 2000. The second kappa shape index (κ2) is 8.81. The Morgan fingerprint density at radius 2 is 1.07 bits per heavy atom. The number of pyridine rings is 1. The first-order valence-corrected chi connectivity index (χ1v) is 12.0. The molecule has 0 saturated heterocycles. The van der Waals surface area contributed by atoms with Crippen molar-refractivity contribution in [3.8, 4) is 0 Å². The van der Waals surface area contributed by atoms with E-state index >= 15 is 26.3 Å². The molecular formula is C30H16F6IrN3-. The van der Waals surface area contributed by atoms with Crippen LogP contribution in [0.1, 0.15) is 5.69 Å². The van der Waals surface area contributed by atoms with Gasteiger partial charge in [0, 0.05) is 42.6 Å². The van der Waals surface area contributed by atoms with Crippen molar-refractivity contribution in [1.82, 2.24) is 14.0 Å². The van der Waals surface area contributed by atoms with E-state index in [1.807, 2.05) is 0 Å². The molecule has 3 aromatic heterocycles. The van der Waals surface area contributed by atoms with Gasteiger partial charge in [-0.15, -0.1) is 29.7 Å². The average Bonchev–Trinajstić information content (AvgIpc) is 3.49. The van der Waals surface area contributed by atoms with E-state index in [1.54, 1.807) is 48.5 Å². The standard InChI is InChI=1S/C30H16F6N3.Ir/c31-29(32,33)28(30(34,35)36,39-24-15-7-4-11-20(24)21-12-5-8-16-25(21)39)26-17-37-27-22-13-2-1-9-18(22)19-10-3-6-14-23(19)38(26)27;/h1-12,14-17H;/q-1;. The zero-order valence-electron chi connectivity index (χ0n) is 20.2. The van der Waals surface area contributed by atoms with Gasteiger partial charge in [0.15, 0.2) is 0 Å². The second-order valence-corrected chi connectivity index (χ2v) is 9.35. The molecule has 0 aliphatic carbocycles. The smallest absolute Gasteiger partial charge is 0.335 e. The van der Waals surface area contributed by atoms with Gasteiger partial charge in [0.2, 0.25) is 0 Å². The minimum atomic E-state index is -5.82. The molecule has 0 spiro atoms. The molecule has 1 radical (unpaired) electrons. The summed E-state index contributed by atoms with van der Waals surface area (Å²) in [6, 6.07) is 26.1. The molecule has 0 aliphatic heterocycles. The van der Waals surface area contributed by atoms with Gasteiger partial charge >= 0.3 is 12.4 Å². The van der Waals surface area contributed by atoms with Crippen molar-refractivity contribution in [2.75, 3.05) is 0 Å². The predicted molar refractivity (Wildman–Crippen MR) is 138 cm³/mol. The first-order chi connectivity index (χ1) is 18.7. The molecule has 203 valence electrons. The van der Waals surface area contributed by atoms with Gasteiger partial charge in [-0.25, -0.2) is 0 Å². The summed E-state index contributed by atoms with van der Waals surface area (Å²) in [7, 11) is 0. The van der Waals surface area contributed by atoms with Crippen molar-refractivity contribution < 1.29 is 46.4 Å². The molecule has 0 aliphatic rings. The first kappa shape index (κ1) is 26.3. The van der Waals surface area contributed by atoms with Crippen LogP contribution in [0.25, 0.3) is 49.1 Å². The van der Waals surface area contributed by atoms with Crippen LogP contribution in [0, 0.1) is 6.07 Å². The van der Waals surface area contributed by atoms with Crippen molar-refractivity contribution in [3.63, 3.8) is 0 Å². The van der Waals surface area contributed by atoms with E-state index in [9.17, 15) is 0 Å². The molecule has 3 nitrogen and oxygen atoms in total. The largest absolute Gasteiger partial charge is 0.426 e. The third kappa shape index (κ3) is 3.26. The Morgan fingerprint density at radius 3 is 1.62 bits per heavy atom. The van der Waals surface area contributed by atoms with Gasteiger partial charge in [-0.3, -0.25) is 4.98 Å². The molecule has 40 heavy (non-hydrogen) atoms. The Morgan fingerprint density at radius 1 is 0.600 bits per heavy atom. The molecule has 0 bridgehead atoms. The number of benzene rings is 4. The summed E-state index contributed by atoms with van der Waals surface area (Å²) in [4.78, 5) is 4.18. The van der Waals surface area contributed by atoms with Crippen molar-refractivity contribution in [2.45, 2.75) is 17.9 Å². The Labute approximate surface area is 236 Å². The van der Waals surface area contributed by atoms with E-state index in [1.165, 1.54) is 42.5 Å². The van der Waals surface area contributed by atoms with Gasteiger partial charge in [0.05, 0.1) is 22.4 Å². The molecule has 0 unspecified atom stereocenters. The SMILES string of the molecule is FC(F)(F)C(c1cnc2c3[c-]cccc3c3ccccc3n12)(n1c2ccccc2c2ccccc21)C(F)(F)F.[Ir]. The van der Waals surface area contributed by atoms with Gasteiger partial charge in [0.1, 0.15) is 0 Å². The maximum Gasteiger partial charge on any atom is 0.426 e. The molecule has 0 atom stereocenters. The monoisotopic (exact) mass is 725 g/mol. The van der Waals surface area contributed by atoms with E-state index in [2.05, 4.69) is 11.1 Å². The van der Waals surface area contributed by atoms with E-state index in [0.29, 0.717) is 26.9 Å². The average molecular weight is 725 g/mol. The number of aromatic nitrogens is 3. The Kier molecular flexibility index (Phi) is 5.80. The van der Waals surface area contributed by atoms with Gasteiger partial charge in [-0.1, -0.05) is 60.0 Å². The van der Waals surface area contributed by atoms with Crippen LogP contribution in [-0.4, -0.2) is 26.3 Å². The van der Waals surface area contributed by atoms with Crippen molar-refractivity contribution >= 4 is 49.1 Å². The fourth-order valence-corrected chi connectivity index (χ4v) is 5.87. The second-order valence-electron chi connectivity index (χ2n) is 9.35. The number of hydrogen-bond acceptors (Lipinski definition) is 1. The fraction of sp³-hybridized carbons (Fsp3) is 0.100. The number of para-hydroxylation sites is 3. The summed E-state index contributed by atoms with van der Waals surface area (Å²) in [5.41, 5.74) is -5.80. The zero-order valence-corrected chi connectivity index (χ0v) is 22.6. The van der Waals surface area contributed by atoms with Gasteiger partial charge in [-0.05, 0) is 23.6 Å². The maximum atomic E-state index is 15.5. The minimum Gasteiger partial charge on any atom is -0.335 e. The first-order valence-electron chi connectivity index (χ1n) is 12.0. The minimum absolute atomic E-state index is 0. The zero-order chi connectivity index (χ0) is 27.2. The molecule has 10 heteroatoms. The maximum absolute atomic E-state index is 15.5. The van der Waals surface area contributed by atoms with E-state index in [-0.39, 0.29) is 53.1 Å². The summed E-state index contributed by atoms with van der Waals surface area (Å²) in [5.74, 6) is 0. The van der Waals surface area contributed by atoms with Crippen LogP contribution >= 0.6 is 0 Å². The number of imidazole rings is 1. The predicted octanol–water partition coefficient (Wildman–Crippen LogP) is 8.41. The molecule has 7 aromatic rings. The van der Waals surface area contributed by atoms with E-state index in [0.717, 1.165) is 4.40 Å². The van der Waals surface area contributed by atoms with Crippen LogP contribution in [-0.2, 0) is 25.6 Å². The summed E-state index contributed by atoms with van der Waals surface area (Å²) in [6.07, 6.45) is -10.9. The van der Waals surface area contributed by atoms with Crippen molar-refractivity contribution in [1.29, 1.82) is 0 Å². The number of halogens is 6. The Balaban J connectivity index is 0.00000289. The van der Waals surface area contributed by atoms with E-state index < -0.39 is 23.6 Å². The van der Waals surface area contributed by atoms with Crippen LogP contribution in [0.4, 0.5) is 26.3 Å². The molecule has 3 heterocycles. The molecule has 7 rings (SSSR count). The Hall–Kier alpha value is -3.88. The molecule has 0 amide bonds. The number of fused-ring (bicyclic) bond motifs is 9. The molecule has 0 fully saturated rings. The third-order valence-corrected chi connectivity index (χ3v) is 7.38. The van der Waals surface area contributed by atoms with Crippen LogP contribution in [0.15, 0.2) is 97.2 Å². The van der Waals surface area contributed by atoms with Crippen molar-refractivity contribution in [3.05, 3.63) is 109 Å². The number of rotatable bonds is 2. The normalized spacial score (nSPS) is 13.1. The molecular weight excluding hydrogens is 709 g/mol. The van der Waals surface area contributed by atoms with Crippen LogP contribution in [0.5, 0.6) is 0 Å². The van der Waals surface area contributed by atoms with E-state index in [4.69, 9.17) is 0 Å². The molecule has 4 aromatic carbocycles. The summed E-state index contributed by atoms with van der Waals surface area (Å²) in [6.45, 7) is 0. The quantitative estimate of drug-likeness (QED) is 0.0998. The summed E-state index contributed by atoms with van der Waals surface area (Å²) in [5, 5.41) is 1.99. The van der Waals surface area contributed by atoms with Crippen LogP contribution in [0.2, 0.25) is 0 Å². The number of nitrogens with zero attached hydrogens (tertiary/aromatic N) is 3. The van der Waals surface area contributed by atoms with Gasteiger partial charge in [-0.2, -0.15) is 26.3 Å². The molecule has 0 N–H and O–H groups in total. The summed E-state index contributed by atoms with van der Waals surface area (Å²) >= 11 is 0.